The van der Waals surface area contributed by atoms with Crippen LogP contribution in [0.1, 0.15) is 53.0 Å². The molecule has 0 radical (unpaired) electrons. The topological polar surface area (TPSA) is 165 Å². The largest absolute Gasteiger partial charge is 0.298 e. The molecule has 0 saturated heterocycles. The molecule has 0 saturated carbocycles. The Morgan fingerprint density at radius 1 is 0.430 bits per heavy atom. The molecule has 0 unspecified atom stereocenters. The number of halogens is 2. The Balaban J connectivity index is 0.000000167. The normalized spacial score (nSPS) is 11.5. The first kappa shape index (κ1) is 51.5. The minimum absolute atomic E-state index is 0.00300. The number of fused-ring (bicyclic) bond motifs is 2. The lowest BCUT2D eigenvalue weighted by molar-refractivity contribution is -0.385. The summed E-state index contributed by atoms with van der Waals surface area (Å²) in [7, 11) is 0. The molecule has 0 fully saturated rings. The van der Waals surface area contributed by atoms with Crippen molar-refractivity contribution in [3.8, 4) is 22.5 Å². The molecule has 0 N–H and O–H groups in total. The number of nitrogens with zero attached hydrogens (tertiary/aromatic N) is 8. The van der Waals surface area contributed by atoms with Crippen molar-refractivity contribution in [2.45, 2.75) is 14.8 Å². The first-order chi connectivity index (χ1) is 38.7. The van der Waals surface area contributed by atoms with Gasteiger partial charge in [0, 0.05) is 58.8 Å². The fourth-order valence-electron chi connectivity index (χ4n) is 10.7. The number of pyridine rings is 2. The number of hydrogen-bond acceptors (Lipinski definition) is 9. The van der Waals surface area contributed by atoms with E-state index in [4.69, 9.17) is 10.2 Å². The molecule has 4 heterocycles. The van der Waals surface area contributed by atoms with Gasteiger partial charge < -0.3 is 0 Å². The first-order valence-corrected chi connectivity index (χ1v) is 26.8. The van der Waals surface area contributed by atoms with E-state index in [-0.39, 0.29) is 21.9 Å². The van der Waals surface area contributed by atoms with Gasteiger partial charge in [0.15, 0.2) is 6.29 Å². The average Bonchev–Trinajstić information content (AvgIpc) is 3.73. The zero-order valence-electron chi connectivity index (χ0n) is 41.8. The van der Waals surface area contributed by atoms with Gasteiger partial charge in [-0.25, -0.2) is 9.36 Å². The average molecular weight is 1160 g/mol. The molecule has 0 atom stereocenters. The molecule has 12 rings (SSSR count). The van der Waals surface area contributed by atoms with Crippen LogP contribution in [-0.4, -0.2) is 45.7 Å². The highest BCUT2D eigenvalue weighted by Crippen LogP contribution is 2.48. The molecule has 4 aromatic heterocycles. The lowest BCUT2D eigenvalue weighted by atomic mass is 9.77. The summed E-state index contributed by atoms with van der Waals surface area (Å²) in [6.45, 7) is 0. The number of alkyl halides is 2. The maximum absolute atomic E-state index is 12.3. The Hall–Kier alpha value is -9.57. The number of hydrogen-bond donors (Lipinski definition) is 0. The molecule has 0 spiro atoms. The van der Waals surface area contributed by atoms with Crippen molar-refractivity contribution in [2.24, 2.45) is 0 Å². The van der Waals surface area contributed by atoms with Crippen LogP contribution < -0.4 is 0 Å². The van der Waals surface area contributed by atoms with E-state index in [0.29, 0.717) is 39.7 Å². The van der Waals surface area contributed by atoms with E-state index in [9.17, 15) is 25.0 Å². The van der Waals surface area contributed by atoms with Gasteiger partial charge >= 0.3 is 0 Å². The highest BCUT2D eigenvalue weighted by molar-refractivity contribution is 9.24. The van der Waals surface area contributed by atoms with Crippen LogP contribution in [0, 0.1) is 20.2 Å². The zero-order chi connectivity index (χ0) is 54.5. The smallest absolute Gasteiger partial charge is 0.282 e. The Kier molecular flexibility index (Phi) is 14.5. The Labute approximate surface area is 470 Å². The second-order valence-electron chi connectivity index (χ2n) is 18.4. The summed E-state index contributed by atoms with van der Waals surface area (Å²) in [5.74, 6) is 0. The van der Waals surface area contributed by atoms with Gasteiger partial charge in [-0.15, -0.1) is 0 Å². The second kappa shape index (κ2) is 22.2. The molecule has 15 heteroatoms. The standard InChI is InChI=1S/C32H22Br2N4O2.C32H22N4O3/c33-31(34)27-20-26-28(21-29(27)38(39)40)37(36-30(26)22-16-18-35-19-17-22)32(23-10-4-1-5-11-23,24-12-6-2-7-13-24)25-14-8-3-9-15-25;37-22-24-20-28-30(21-29(24)36(38)39)35(34-31(28)23-16-18-33-19-17-23)32(25-10-4-1-5-11-25,26-12-6-2-7-13-26)27-14-8-3-9-15-27/h1-21,31H;1-22H. The summed E-state index contributed by atoms with van der Waals surface area (Å²) in [6.07, 6.45) is 7.31. The highest BCUT2D eigenvalue weighted by atomic mass is 79.9. The van der Waals surface area contributed by atoms with E-state index in [1.54, 1.807) is 36.9 Å². The molecule has 79 heavy (non-hydrogen) atoms. The summed E-state index contributed by atoms with van der Waals surface area (Å²) >= 11 is 7.00. The molecule has 12 aromatic rings. The molecular formula is C64H44Br2N8O5. The van der Waals surface area contributed by atoms with E-state index in [1.807, 2.05) is 185 Å². The van der Waals surface area contributed by atoms with Crippen molar-refractivity contribution in [1.82, 2.24) is 29.5 Å². The van der Waals surface area contributed by atoms with Crippen LogP contribution in [0.25, 0.3) is 44.3 Å². The molecule has 0 amide bonds. The van der Waals surface area contributed by atoms with Crippen LogP contribution in [0.2, 0.25) is 0 Å². The van der Waals surface area contributed by atoms with E-state index >= 15 is 0 Å². The number of nitro benzene ring substituents is 2. The predicted octanol–water partition coefficient (Wildman–Crippen LogP) is 15.3. The third kappa shape index (κ3) is 9.28. The molecule has 384 valence electrons. The summed E-state index contributed by atoms with van der Waals surface area (Å²) in [4.78, 5) is 43.8. The van der Waals surface area contributed by atoms with Crippen molar-refractivity contribution < 1.29 is 14.6 Å². The van der Waals surface area contributed by atoms with Gasteiger partial charge in [0.2, 0.25) is 0 Å². The van der Waals surface area contributed by atoms with Crippen LogP contribution >= 0.6 is 31.9 Å². The van der Waals surface area contributed by atoms with Gasteiger partial charge in [-0.1, -0.05) is 214 Å². The summed E-state index contributed by atoms with van der Waals surface area (Å²) < 4.78 is 3.40. The molecular weight excluding hydrogens is 1120 g/mol. The van der Waals surface area contributed by atoms with Gasteiger partial charge in [-0.3, -0.25) is 35.0 Å². The van der Waals surface area contributed by atoms with E-state index in [1.165, 1.54) is 6.07 Å². The number of carbonyl (C=O) groups is 1. The third-order valence-electron chi connectivity index (χ3n) is 14.1. The molecule has 0 aliphatic rings. The Morgan fingerprint density at radius 3 is 1.03 bits per heavy atom. The first-order valence-electron chi connectivity index (χ1n) is 25.0. The van der Waals surface area contributed by atoms with Crippen molar-refractivity contribution in [1.29, 1.82) is 0 Å². The SMILES string of the molecule is O=Cc1cc2c(-c3ccncc3)nn(C(c3ccccc3)(c3ccccc3)c3ccccc3)c2cc1[N+](=O)[O-].O=[N+]([O-])c1cc2c(cc1C(Br)Br)c(-c1ccncc1)nn2C(c1ccccc1)(c1ccccc1)c1ccccc1. The van der Waals surface area contributed by atoms with Gasteiger partial charge in [0.05, 0.1) is 32.0 Å². The number of nitro groups is 2. The zero-order valence-corrected chi connectivity index (χ0v) is 45.0. The van der Waals surface area contributed by atoms with E-state index < -0.39 is 19.7 Å². The van der Waals surface area contributed by atoms with Crippen LogP contribution in [0.15, 0.2) is 255 Å². The van der Waals surface area contributed by atoms with Gasteiger partial charge in [0.1, 0.15) is 26.2 Å². The number of aldehydes is 1. The lowest BCUT2D eigenvalue weighted by Gasteiger charge is -2.37. The van der Waals surface area contributed by atoms with Crippen LogP contribution in [0.5, 0.6) is 0 Å². The minimum atomic E-state index is -0.996. The molecule has 13 nitrogen and oxygen atoms in total. The number of rotatable bonds is 14. The number of aromatic nitrogens is 6. The molecule has 0 bridgehead atoms. The van der Waals surface area contributed by atoms with Gasteiger partial charge in [-0.2, -0.15) is 10.2 Å². The lowest BCUT2D eigenvalue weighted by Crippen LogP contribution is -2.38. The Morgan fingerprint density at radius 2 is 0.734 bits per heavy atom. The van der Waals surface area contributed by atoms with Crippen LogP contribution in [0.4, 0.5) is 11.4 Å². The van der Waals surface area contributed by atoms with E-state index in [0.717, 1.165) is 49.9 Å². The third-order valence-corrected chi connectivity index (χ3v) is 15.1. The van der Waals surface area contributed by atoms with Crippen molar-refractivity contribution in [3.05, 3.63) is 320 Å². The molecule has 0 aliphatic carbocycles. The predicted molar refractivity (Wildman–Crippen MR) is 314 cm³/mol. The van der Waals surface area contributed by atoms with Crippen LogP contribution in [-0.2, 0) is 11.1 Å². The fourth-order valence-corrected chi connectivity index (χ4v) is 11.4. The van der Waals surface area contributed by atoms with Gasteiger partial charge in [0.25, 0.3) is 11.4 Å². The minimum Gasteiger partial charge on any atom is -0.298 e. The fraction of sp³-hybridized carbons (Fsp3) is 0.0469. The molecule has 8 aromatic carbocycles. The van der Waals surface area contributed by atoms with Crippen LogP contribution in [0.3, 0.4) is 0 Å². The number of benzene rings is 8. The summed E-state index contributed by atoms with van der Waals surface area (Å²) in [6, 6.07) is 74.4. The van der Waals surface area contributed by atoms with Crippen molar-refractivity contribution in [2.75, 3.05) is 0 Å². The number of carbonyl (C=O) groups excluding carboxylic acids is 1. The monoisotopic (exact) mass is 1160 g/mol. The van der Waals surface area contributed by atoms with E-state index in [2.05, 4.69) is 78.2 Å². The molecule has 0 aliphatic heterocycles. The maximum atomic E-state index is 12.3. The summed E-state index contributed by atoms with van der Waals surface area (Å²) in [5.41, 5.74) is 8.11. The quantitative estimate of drug-likeness (QED) is 0.0339. The summed E-state index contributed by atoms with van der Waals surface area (Å²) in [5, 5.41) is 36.3. The Bertz CT molecular complexity index is 3930. The maximum Gasteiger partial charge on any atom is 0.282 e. The second-order valence-corrected chi connectivity index (χ2v) is 21.5. The van der Waals surface area contributed by atoms with Gasteiger partial charge in [-0.05, 0) is 69.8 Å². The van der Waals surface area contributed by atoms with Crippen molar-refractivity contribution in [3.63, 3.8) is 0 Å². The van der Waals surface area contributed by atoms with Crippen molar-refractivity contribution >= 4 is 71.3 Å². The highest BCUT2D eigenvalue weighted by Gasteiger charge is 2.43.